The number of hydrogen-bond acceptors (Lipinski definition) is 6. The van der Waals surface area contributed by atoms with Gasteiger partial charge < -0.3 is 0 Å². The second-order valence-electron chi connectivity index (χ2n) is 51.3. The molecule has 14 aliphatic carbocycles. The second-order valence-corrected chi connectivity index (χ2v) is 51.3. The molecule has 14 aliphatic rings. The van der Waals surface area contributed by atoms with Gasteiger partial charge in [-0.05, 0) is 402 Å². The van der Waals surface area contributed by atoms with Crippen molar-refractivity contribution in [2.45, 2.75) is 543 Å². The van der Waals surface area contributed by atoms with Crippen molar-refractivity contribution >= 4 is 0 Å². The van der Waals surface area contributed by atoms with Gasteiger partial charge in [0, 0.05) is 6.92 Å². The summed E-state index contributed by atoms with van der Waals surface area (Å²) in [7, 11) is 0. The summed E-state index contributed by atoms with van der Waals surface area (Å²) >= 11 is 0. The molecule has 13 fully saturated rings. The topological polar surface area (TPSA) is 88.4 Å². The van der Waals surface area contributed by atoms with E-state index in [1.54, 1.807) is 5.57 Å². The first-order chi connectivity index (χ1) is 64.9. The zero-order valence-corrected chi connectivity index (χ0v) is 96.3. The average Bonchev–Trinajstić information content (AvgIpc) is 1.21. The van der Waals surface area contributed by atoms with E-state index >= 15 is 0 Å². The van der Waals surface area contributed by atoms with Gasteiger partial charge in [0.25, 0.3) is 0 Å². The number of fused-ring (bicyclic) bond motifs is 15. The number of alkyl halides is 3. The molecule has 29 unspecified atom stereocenters. The van der Waals surface area contributed by atoms with Crippen LogP contribution < -0.4 is 0 Å². The minimum absolute atomic E-state index is 0. The molecule has 16 rings (SSSR count). The van der Waals surface area contributed by atoms with Crippen LogP contribution in [0.25, 0.3) is 0 Å². The Hall–Kier alpha value is -2.53. The van der Waals surface area contributed by atoms with Crippen LogP contribution in [0.2, 0.25) is 0 Å². The van der Waals surface area contributed by atoms with Gasteiger partial charge in [-0.15, -0.1) is 0 Å². The lowest BCUT2D eigenvalue weighted by molar-refractivity contribution is -0.303. The third-order valence-electron chi connectivity index (χ3n) is 41.0. The molecule has 29 atom stereocenters. The Morgan fingerprint density at radius 1 is 0.413 bits per heavy atom. The normalized spacial score (nSPS) is 35.6. The molecule has 6 nitrogen and oxygen atoms in total. The highest BCUT2D eigenvalue weighted by Gasteiger charge is 2.66. The summed E-state index contributed by atoms with van der Waals surface area (Å²) in [5, 5.41) is 27.9. The maximum Gasteiger partial charge on any atom is 0.386 e. The van der Waals surface area contributed by atoms with E-state index < -0.39 is 6.18 Å². The molecule has 0 amide bonds. The van der Waals surface area contributed by atoms with E-state index in [1.807, 2.05) is 84.9 Å². The summed E-state index contributed by atoms with van der Waals surface area (Å²) in [6, 6.07) is 20.5. The Labute approximate surface area is 856 Å². The molecule has 13 saturated carbocycles. The van der Waals surface area contributed by atoms with Crippen molar-refractivity contribution in [3.05, 3.63) is 95.1 Å². The van der Waals surface area contributed by atoms with Crippen molar-refractivity contribution in [2.75, 3.05) is 0 Å². The molecule has 9 heteroatoms. The number of benzene rings is 2. The van der Waals surface area contributed by atoms with E-state index in [1.165, 1.54) is 293 Å². The van der Waals surface area contributed by atoms with Crippen LogP contribution in [0.15, 0.2) is 84.0 Å². The van der Waals surface area contributed by atoms with Gasteiger partial charge in [0.2, 0.25) is 0 Å². The molecular weight excluding hydrogens is 1700 g/mol. The molecule has 0 heterocycles. The second kappa shape index (κ2) is 61.4. The van der Waals surface area contributed by atoms with Gasteiger partial charge in [0.15, 0.2) is 0 Å². The van der Waals surface area contributed by atoms with Crippen LogP contribution in [-0.4, -0.2) is 40.3 Å². The molecule has 2 aromatic carbocycles. The summed E-state index contributed by atoms with van der Waals surface area (Å²) < 4.78 is 31.1. The molecule has 0 radical (unpaired) electrons. The van der Waals surface area contributed by atoms with Crippen molar-refractivity contribution in [1.82, 2.24) is 0 Å². The van der Waals surface area contributed by atoms with E-state index in [4.69, 9.17) is 14.7 Å². The van der Waals surface area contributed by atoms with Crippen LogP contribution in [0, 0.1) is 194 Å². The summed E-state index contributed by atoms with van der Waals surface area (Å²) in [4.78, 5) is 14.4. The van der Waals surface area contributed by atoms with Crippen LogP contribution in [-0.2, 0) is 14.7 Å². The lowest BCUT2D eigenvalue weighted by Gasteiger charge is -2.65. The highest BCUT2D eigenvalue weighted by molar-refractivity contribution is 5.26. The van der Waals surface area contributed by atoms with E-state index in [0.717, 1.165) is 131 Å². The predicted molar refractivity (Wildman–Crippen MR) is 594 cm³/mol. The largest absolute Gasteiger partial charge is 0.386 e. The standard InChI is InChI=1S/C31H54O2.C29H52O2.C29H50O2.2C7H14.2C7H8.C3H8.C2H3F3.3C2H6.CH4/c1-20(2)10-9-11-21(3)24-13-14-26-23-12-15-28-29(5,6)25(22(4)33-32)16-19-31(28,8)27(23)17-18-30(24,26)7;2*1-19(2)8-7-9-20(3)25-12-13-26-24-11-10-23-18-22(21(4)31-30)14-16-28(23,5)27(24)15-17-29(25,26)6;4*1-7-5-3-2-4-6-7;1-3-2;1-2(3,4)5;3*1-2;/h10,21-28,32H,9,11-19H2,1-8H3;19-27,30H,7-18H2,1-6H3;10,19-22,24-27,30H,7-9,11-18H2,1-6H3;2*7H,2-6H2,1H3;2*2-6H,1H3;3H2,1-2H3;1H3;3*1-2H3;1H4. The van der Waals surface area contributed by atoms with Crippen LogP contribution in [0.3, 0.4) is 0 Å². The summed E-state index contributed by atoms with van der Waals surface area (Å²) in [6.07, 6.45) is 63.1. The Balaban J connectivity index is 0.000000355. The Kier molecular flexibility index (Phi) is 56.9. The average molecular weight is 1940 g/mol. The minimum atomic E-state index is -4.00. The van der Waals surface area contributed by atoms with Crippen LogP contribution in [0.1, 0.15) is 516 Å². The van der Waals surface area contributed by atoms with Gasteiger partial charge in [-0.25, -0.2) is 14.7 Å². The van der Waals surface area contributed by atoms with E-state index in [9.17, 15) is 28.9 Å². The SMILES string of the molecule is C.CC.CC.CC.CC(C)=CCCC(C)C1CCC2C3CCC4C(C)(C)C(C(C)OO)CCC4(C)C3CCC12C.CC(C)CCCC(C)C1CCC2C3CC=C4CC(C(C)OO)CCC4(C)C3CCC12C.CC(C)CCCC(C)C1CCC2C3CCC4CC(C(C)OO)CCC4(C)C3CCC12C.CC(F)(F)F.CC1CCCCC1.CC1CCCCC1.CCC.Cc1ccccc1.Cc1ccccc1. The molecular formula is C129H233F3O6. The molecule has 0 saturated heterocycles. The lowest BCUT2D eigenvalue weighted by Crippen LogP contribution is -2.59. The molecule has 138 heavy (non-hydrogen) atoms. The smallest absolute Gasteiger partial charge is 0.252 e. The lowest BCUT2D eigenvalue weighted by atomic mass is 9.39. The minimum Gasteiger partial charge on any atom is -0.252 e. The van der Waals surface area contributed by atoms with Crippen LogP contribution in [0.5, 0.6) is 0 Å². The van der Waals surface area contributed by atoms with Gasteiger partial charge in [-0.1, -0.05) is 385 Å². The van der Waals surface area contributed by atoms with E-state index in [2.05, 4.69) is 210 Å². The number of aryl methyl sites for hydroxylation is 2. The number of rotatable bonds is 20. The van der Waals surface area contributed by atoms with Crippen molar-refractivity contribution in [3.8, 4) is 0 Å². The number of hydrogen-bond donors (Lipinski definition) is 3. The van der Waals surface area contributed by atoms with E-state index in [-0.39, 0.29) is 38.1 Å². The first kappa shape index (κ1) is 128. The van der Waals surface area contributed by atoms with Gasteiger partial charge in [0.1, 0.15) is 0 Å². The molecule has 2 aromatic rings. The predicted octanol–water partition coefficient (Wildman–Crippen LogP) is 42.1. The van der Waals surface area contributed by atoms with Crippen LogP contribution >= 0.6 is 0 Å². The van der Waals surface area contributed by atoms with Crippen molar-refractivity contribution in [3.63, 3.8) is 0 Å². The number of allylic oxidation sites excluding steroid dienone is 4. The van der Waals surface area contributed by atoms with Gasteiger partial charge >= 0.3 is 6.18 Å². The molecule has 806 valence electrons. The molecule has 0 aliphatic heterocycles. The first-order valence-electron chi connectivity index (χ1n) is 59.2. The maximum absolute atomic E-state index is 10.4. The fourth-order valence-corrected chi connectivity index (χ4v) is 33.6. The fraction of sp³-hybridized carbons (Fsp3) is 0.876. The third kappa shape index (κ3) is 34.8. The fourth-order valence-electron chi connectivity index (χ4n) is 33.6. The summed E-state index contributed by atoms with van der Waals surface area (Å²) in [5.74, 6) is 20.8. The molecule has 0 aromatic heterocycles. The third-order valence-corrected chi connectivity index (χ3v) is 41.0. The van der Waals surface area contributed by atoms with Gasteiger partial charge in [-0.2, -0.15) is 13.2 Å². The first-order valence-corrected chi connectivity index (χ1v) is 59.2. The van der Waals surface area contributed by atoms with Crippen molar-refractivity contribution < 1.29 is 43.6 Å². The zero-order chi connectivity index (χ0) is 103. The monoisotopic (exact) mass is 1940 g/mol. The summed E-state index contributed by atoms with van der Waals surface area (Å²) in [5.41, 5.74) is 9.22. The van der Waals surface area contributed by atoms with Gasteiger partial charge in [0.05, 0.1) is 18.3 Å². The Morgan fingerprint density at radius 2 is 0.775 bits per heavy atom. The van der Waals surface area contributed by atoms with E-state index in [0.29, 0.717) is 50.2 Å². The molecule has 0 bridgehead atoms. The highest BCUT2D eigenvalue weighted by atomic mass is 19.4. The van der Waals surface area contributed by atoms with Crippen molar-refractivity contribution in [1.29, 1.82) is 0 Å². The zero-order valence-electron chi connectivity index (χ0n) is 96.3. The highest BCUT2D eigenvalue weighted by Crippen LogP contribution is 2.74. The quantitative estimate of drug-likeness (QED) is 0.0696. The van der Waals surface area contributed by atoms with Crippen molar-refractivity contribution in [2.24, 2.45) is 180 Å². The Bertz CT molecular complexity index is 3490. The van der Waals surface area contributed by atoms with Gasteiger partial charge in [-0.3, -0.25) is 15.8 Å². The summed E-state index contributed by atoms with van der Waals surface area (Å²) in [6.45, 7) is 74.2. The number of halogens is 3. The molecule has 0 spiro atoms. The maximum atomic E-state index is 10.4. The Morgan fingerprint density at radius 3 is 1.16 bits per heavy atom. The van der Waals surface area contributed by atoms with Crippen LogP contribution in [0.4, 0.5) is 13.2 Å². The molecule has 3 N–H and O–H groups in total.